The lowest BCUT2D eigenvalue weighted by Gasteiger charge is -2.08. The van der Waals surface area contributed by atoms with Gasteiger partial charge in [0.1, 0.15) is 0 Å². The van der Waals surface area contributed by atoms with Crippen molar-refractivity contribution in [2.45, 2.75) is 0 Å². The Balaban J connectivity index is 2.81. The molecule has 0 saturated heterocycles. The number of rotatable bonds is 3. The number of methoxy groups -OCH3 is 1. The van der Waals surface area contributed by atoms with Crippen LogP contribution in [0.15, 0.2) is 12.1 Å². The van der Waals surface area contributed by atoms with Crippen LogP contribution in [-0.4, -0.2) is 19.7 Å². The Labute approximate surface area is 102 Å². The number of carbonyl (C=O) groups is 1. The van der Waals surface area contributed by atoms with Gasteiger partial charge in [-0.05, 0) is 12.1 Å². The second-order valence-electron chi connectivity index (χ2n) is 2.56. The molecule has 1 aromatic carbocycles. The summed E-state index contributed by atoms with van der Waals surface area (Å²) in [5.74, 6) is -0.301. The molecule has 0 bridgehead atoms. The highest BCUT2D eigenvalue weighted by Crippen LogP contribution is 2.35. The van der Waals surface area contributed by atoms with Gasteiger partial charge in [0.2, 0.25) is 0 Å². The van der Waals surface area contributed by atoms with E-state index in [1.54, 1.807) is 0 Å². The van der Waals surface area contributed by atoms with Crippen LogP contribution in [0.2, 0.25) is 15.1 Å². The Bertz CT molecular complexity index is 356. The van der Waals surface area contributed by atoms with Crippen LogP contribution in [0, 0.1) is 0 Å². The van der Waals surface area contributed by atoms with E-state index in [0.717, 1.165) is 0 Å². The minimum atomic E-state index is -0.517. The fraction of sp³-hybridized carbons (Fsp3) is 0.222. The van der Waals surface area contributed by atoms with Gasteiger partial charge in [0.25, 0.3) is 0 Å². The lowest BCUT2D eigenvalue weighted by Crippen LogP contribution is -2.12. The molecule has 0 aliphatic rings. The zero-order chi connectivity index (χ0) is 11.4. The van der Waals surface area contributed by atoms with Crippen molar-refractivity contribution in [1.82, 2.24) is 0 Å². The number of ether oxygens (including phenoxy) is 2. The highest BCUT2D eigenvalue weighted by Gasteiger charge is 2.11. The molecule has 6 heteroatoms. The van der Waals surface area contributed by atoms with Crippen LogP contribution < -0.4 is 4.74 Å². The standard InChI is InChI=1S/C9H7Cl3O3/c1-14-8(13)4-15-9-6(11)2-5(10)3-7(9)12/h2-3H,4H2,1H3. The zero-order valence-corrected chi connectivity index (χ0v) is 9.99. The van der Waals surface area contributed by atoms with Gasteiger partial charge in [0.15, 0.2) is 12.4 Å². The lowest BCUT2D eigenvalue weighted by atomic mass is 10.3. The molecule has 0 aliphatic heterocycles. The van der Waals surface area contributed by atoms with Gasteiger partial charge in [-0.15, -0.1) is 0 Å². The van der Waals surface area contributed by atoms with E-state index in [1.807, 2.05) is 0 Å². The molecule has 3 nitrogen and oxygen atoms in total. The normalized spacial score (nSPS) is 9.87. The van der Waals surface area contributed by atoms with E-state index in [9.17, 15) is 4.79 Å². The summed E-state index contributed by atoms with van der Waals surface area (Å²) in [5, 5.41) is 0.892. The topological polar surface area (TPSA) is 35.5 Å². The highest BCUT2D eigenvalue weighted by molar-refractivity contribution is 6.40. The predicted molar refractivity (Wildman–Crippen MR) is 59.0 cm³/mol. The average Bonchev–Trinajstić information content (AvgIpc) is 2.15. The van der Waals surface area contributed by atoms with Crippen molar-refractivity contribution in [2.24, 2.45) is 0 Å². The van der Waals surface area contributed by atoms with E-state index in [0.29, 0.717) is 5.02 Å². The van der Waals surface area contributed by atoms with Crippen molar-refractivity contribution >= 4 is 40.8 Å². The molecular formula is C9H7Cl3O3. The van der Waals surface area contributed by atoms with Crippen molar-refractivity contribution in [2.75, 3.05) is 13.7 Å². The second kappa shape index (κ2) is 5.45. The SMILES string of the molecule is COC(=O)COc1c(Cl)cc(Cl)cc1Cl. The smallest absolute Gasteiger partial charge is 0.343 e. The Morgan fingerprint density at radius 3 is 2.27 bits per heavy atom. The molecule has 82 valence electrons. The molecule has 0 aromatic heterocycles. The van der Waals surface area contributed by atoms with Gasteiger partial charge < -0.3 is 9.47 Å². The lowest BCUT2D eigenvalue weighted by molar-refractivity contribution is -0.142. The molecule has 0 amide bonds. The first-order valence-corrected chi connectivity index (χ1v) is 5.02. The Hall–Kier alpha value is -0.640. The third kappa shape index (κ3) is 3.45. The van der Waals surface area contributed by atoms with Gasteiger partial charge in [-0.25, -0.2) is 4.79 Å². The molecule has 0 saturated carbocycles. The van der Waals surface area contributed by atoms with Crippen molar-refractivity contribution in [1.29, 1.82) is 0 Å². The molecule has 0 spiro atoms. The van der Waals surface area contributed by atoms with Crippen LogP contribution in [0.4, 0.5) is 0 Å². The number of benzene rings is 1. The van der Waals surface area contributed by atoms with Crippen molar-refractivity contribution in [3.8, 4) is 5.75 Å². The van der Waals surface area contributed by atoms with Crippen LogP contribution in [0.1, 0.15) is 0 Å². The van der Waals surface area contributed by atoms with Gasteiger partial charge in [-0.2, -0.15) is 0 Å². The van der Waals surface area contributed by atoms with Gasteiger partial charge in [0, 0.05) is 5.02 Å². The molecule has 0 fully saturated rings. The third-order valence-corrected chi connectivity index (χ3v) is 2.30. The van der Waals surface area contributed by atoms with Crippen LogP contribution in [0.3, 0.4) is 0 Å². The van der Waals surface area contributed by atoms with Gasteiger partial charge in [-0.1, -0.05) is 34.8 Å². The van der Waals surface area contributed by atoms with Crippen molar-refractivity contribution in [3.63, 3.8) is 0 Å². The maximum Gasteiger partial charge on any atom is 0.343 e. The molecule has 1 rings (SSSR count). The number of hydrogen-bond acceptors (Lipinski definition) is 3. The van der Waals surface area contributed by atoms with Crippen LogP contribution in [-0.2, 0) is 9.53 Å². The maximum atomic E-state index is 10.8. The summed E-state index contributed by atoms with van der Waals surface area (Å²) < 4.78 is 9.48. The molecular weight excluding hydrogens is 262 g/mol. The van der Waals surface area contributed by atoms with E-state index >= 15 is 0 Å². The van der Waals surface area contributed by atoms with Crippen LogP contribution in [0.5, 0.6) is 5.75 Å². The summed E-state index contributed by atoms with van der Waals surface area (Å²) in [5.41, 5.74) is 0. The second-order valence-corrected chi connectivity index (χ2v) is 3.81. The van der Waals surface area contributed by atoms with E-state index in [2.05, 4.69) is 4.74 Å². The van der Waals surface area contributed by atoms with E-state index < -0.39 is 5.97 Å². The molecule has 0 unspecified atom stereocenters. The Morgan fingerprint density at radius 1 is 1.27 bits per heavy atom. The quantitative estimate of drug-likeness (QED) is 0.791. The third-order valence-electron chi connectivity index (χ3n) is 1.53. The van der Waals surface area contributed by atoms with E-state index in [4.69, 9.17) is 39.5 Å². The summed E-state index contributed by atoms with van der Waals surface area (Å²) in [4.78, 5) is 10.8. The fourth-order valence-electron chi connectivity index (χ4n) is 0.857. The summed E-state index contributed by atoms with van der Waals surface area (Å²) >= 11 is 17.3. The monoisotopic (exact) mass is 268 g/mol. The molecule has 0 atom stereocenters. The largest absolute Gasteiger partial charge is 0.479 e. The molecule has 0 heterocycles. The first kappa shape index (κ1) is 12.4. The summed E-state index contributed by atoms with van der Waals surface area (Å²) in [6.45, 7) is -0.252. The minimum absolute atomic E-state index is 0.216. The minimum Gasteiger partial charge on any atom is -0.479 e. The zero-order valence-electron chi connectivity index (χ0n) is 7.72. The molecule has 15 heavy (non-hydrogen) atoms. The van der Waals surface area contributed by atoms with Crippen LogP contribution >= 0.6 is 34.8 Å². The average molecular weight is 270 g/mol. The van der Waals surface area contributed by atoms with E-state index in [1.165, 1.54) is 19.2 Å². The molecule has 0 N–H and O–H groups in total. The first-order chi connectivity index (χ1) is 7.04. The summed E-state index contributed by atoms with van der Waals surface area (Å²) in [6, 6.07) is 2.95. The number of carbonyl (C=O) groups excluding carboxylic acids is 1. The van der Waals surface area contributed by atoms with Gasteiger partial charge in [-0.3, -0.25) is 0 Å². The van der Waals surface area contributed by atoms with Gasteiger partial charge in [0.05, 0.1) is 17.2 Å². The molecule has 1 aromatic rings. The Kier molecular flexibility index (Phi) is 4.51. The summed E-state index contributed by atoms with van der Waals surface area (Å²) in [6.07, 6.45) is 0. The van der Waals surface area contributed by atoms with Crippen LogP contribution in [0.25, 0.3) is 0 Å². The Morgan fingerprint density at radius 2 is 1.80 bits per heavy atom. The van der Waals surface area contributed by atoms with Crippen molar-refractivity contribution < 1.29 is 14.3 Å². The number of hydrogen-bond donors (Lipinski definition) is 0. The highest BCUT2D eigenvalue weighted by atomic mass is 35.5. The van der Waals surface area contributed by atoms with Crippen molar-refractivity contribution in [3.05, 3.63) is 27.2 Å². The maximum absolute atomic E-state index is 10.8. The molecule has 0 aliphatic carbocycles. The fourth-order valence-corrected chi connectivity index (χ4v) is 1.78. The summed E-state index contributed by atoms with van der Waals surface area (Å²) in [7, 11) is 1.26. The number of esters is 1. The number of halogens is 3. The van der Waals surface area contributed by atoms with E-state index in [-0.39, 0.29) is 22.4 Å². The first-order valence-electron chi connectivity index (χ1n) is 3.88. The predicted octanol–water partition coefficient (Wildman–Crippen LogP) is 3.20. The van der Waals surface area contributed by atoms with Gasteiger partial charge >= 0.3 is 5.97 Å². The molecule has 0 radical (unpaired) electrons.